The van der Waals surface area contributed by atoms with Gasteiger partial charge in [-0.15, -0.1) is 0 Å². The van der Waals surface area contributed by atoms with Gasteiger partial charge in [-0.3, -0.25) is 19.3 Å². The molecule has 1 saturated heterocycles. The number of hydrogen-bond acceptors (Lipinski definition) is 4. The van der Waals surface area contributed by atoms with E-state index in [1.165, 1.54) is 0 Å². The normalized spacial score (nSPS) is 15.0. The highest BCUT2D eigenvalue weighted by Crippen LogP contribution is 2.32. The zero-order valence-electron chi connectivity index (χ0n) is 16.5. The van der Waals surface area contributed by atoms with Crippen LogP contribution in [0.15, 0.2) is 76.2 Å². The molecule has 2 heterocycles. The maximum Gasteiger partial charge on any atom is 0.294 e. The van der Waals surface area contributed by atoms with Gasteiger partial charge in [-0.2, -0.15) is 0 Å². The first-order valence-electron chi connectivity index (χ1n) is 9.46. The lowest BCUT2D eigenvalue weighted by Gasteiger charge is -2.12. The summed E-state index contributed by atoms with van der Waals surface area (Å²) in [6.45, 7) is 1.62. The van der Waals surface area contributed by atoms with Crippen LogP contribution in [-0.2, 0) is 9.59 Å². The van der Waals surface area contributed by atoms with E-state index in [1.807, 2.05) is 66.2 Å². The smallest absolute Gasteiger partial charge is 0.294 e. The van der Waals surface area contributed by atoms with Gasteiger partial charge in [0.25, 0.3) is 11.1 Å². The average Bonchev–Trinajstić information content (AvgIpc) is 3.30. The summed E-state index contributed by atoms with van der Waals surface area (Å²) < 4.78 is 2.85. The molecule has 1 fully saturated rings. The first-order valence-corrected chi connectivity index (χ1v) is 11.1. The number of imide groups is 1. The number of halogens is 1. The summed E-state index contributed by atoms with van der Waals surface area (Å²) in [7, 11) is 0. The van der Waals surface area contributed by atoms with Crippen LogP contribution in [0.25, 0.3) is 11.8 Å². The number of anilines is 1. The van der Waals surface area contributed by atoms with Gasteiger partial charge < -0.3 is 9.88 Å². The summed E-state index contributed by atoms with van der Waals surface area (Å²) in [5.41, 5.74) is 3.36. The highest BCUT2D eigenvalue weighted by atomic mass is 79.9. The van der Waals surface area contributed by atoms with Crippen LogP contribution in [0.4, 0.5) is 10.5 Å². The summed E-state index contributed by atoms with van der Waals surface area (Å²) in [5, 5.41) is 2.25. The van der Waals surface area contributed by atoms with Gasteiger partial charge in [0, 0.05) is 27.7 Å². The molecule has 1 aliphatic rings. The summed E-state index contributed by atoms with van der Waals surface area (Å²) in [6.07, 6.45) is 3.55. The van der Waals surface area contributed by atoms with Crippen molar-refractivity contribution in [3.63, 3.8) is 0 Å². The van der Waals surface area contributed by atoms with Crippen molar-refractivity contribution >= 4 is 56.5 Å². The molecule has 156 valence electrons. The second-order valence-electron chi connectivity index (χ2n) is 6.96. The molecule has 6 nitrogen and oxygen atoms in total. The average molecular weight is 496 g/mol. The molecule has 0 atom stereocenters. The van der Waals surface area contributed by atoms with Gasteiger partial charge in [0.2, 0.25) is 5.91 Å². The molecule has 0 saturated carbocycles. The molecule has 8 heteroatoms. The Morgan fingerprint density at radius 3 is 2.61 bits per heavy atom. The van der Waals surface area contributed by atoms with Crippen LogP contribution in [-0.4, -0.2) is 33.1 Å². The Labute approximate surface area is 192 Å². The third-order valence-corrected chi connectivity index (χ3v) is 6.06. The number of carbonyl (C=O) groups excluding carboxylic acids is 3. The predicted octanol–water partition coefficient (Wildman–Crippen LogP) is 5.22. The van der Waals surface area contributed by atoms with Crippen LogP contribution in [0, 0.1) is 6.92 Å². The largest absolute Gasteiger partial charge is 0.325 e. The maximum absolute atomic E-state index is 12.8. The van der Waals surface area contributed by atoms with E-state index in [-0.39, 0.29) is 11.4 Å². The van der Waals surface area contributed by atoms with Crippen molar-refractivity contribution in [1.82, 2.24) is 9.47 Å². The quantitative estimate of drug-likeness (QED) is 0.492. The minimum absolute atomic E-state index is 0.281. The number of aromatic nitrogens is 1. The molecule has 1 aromatic heterocycles. The highest BCUT2D eigenvalue weighted by Gasteiger charge is 2.36. The highest BCUT2D eigenvalue weighted by molar-refractivity contribution is 9.10. The second kappa shape index (κ2) is 8.95. The molecule has 3 amide bonds. The molecule has 2 aromatic carbocycles. The molecular weight excluding hydrogens is 478 g/mol. The van der Waals surface area contributed by atoms with Crippen molar-refractivity contribution in [2.75, 3.05) is 11.9 Å². The molecule has 0 unspecified atom stereocenters. The Balaban J connectivity index is 1.50. The molecule has 0 radical (unpaired) electrons. The fourth-order valence-corrected chi connectivity index (χ4v) is 4.33. The maximum atomic E-state index is 12.8. The topological polar surface area (TPSA) is 71.4 Å². The van der Waals surface area contributed by atoms with Crippen LogP contribution in [0.2, 0.25) is 0 Å². The van der Waals surface area contributed by atoms with Gasteiger partial charge in [0.15, 0.2) is 0 Å². The molecular formula is C23H18BrN3O3S. The van der Waals surface area contributed by atoms with E-state index >= 15 is 0 Å². The van der Waals surface area contributed by atoms with Crippen LogP contribution < -0.4 is 5.32 Å². The van der Waals surface area contributed by atoms with Gasteiger partial charge in [-0.05, 0) is 67.2 Å². The third kappa shape index (κ3) is 4.81. The Hall–Kier alpha value is -3.10. The second-order valence-corrected chi connectivity index (χ2v) is 8.87. The number of thioether (sulfide) groups is 1. The number of nitrogens with zero attached hydrogens (tertiary/aromatic N) is 2. The number of aryl methyl sites for hydroxylation is 1. The molecule has 1 aliphatic heterocycles. The van der Waals surface area contributed by atoms with E-state index in [0.717, 1.165) is 38.1 Å². The first-order chi connectivity index (χ1) is 14.9. The number of benzene rings is 2. The van der Waals surface area contributed by atoms with Gasteiger partial charge in [0.1, 0.15) is 6.54 Å². The van der Waals surface area contributed by atoms with Crippen LogP contribution in [0.1, 0.15) is 11.3 Å². The number of carbonyl (C=O) groups is 3. The minimum Gasteiger partial charge on any atom is -0.325 e. The van der Waals surface area contributed by atoms with E-state index in [2.05, 4.69) is 21.2 Å². The SMILES string of the molecule is Cc1ccc(NC(=O)CN2C(=O)S/C(=C\c3cccn3-c3cccc(Br)c3)C2=O)cc1. The lowest BCUT2D eigenvalue weighted by molar-refractivity contribution is -0.127. The predicted molar refractivity (Wildman–Crippen MR) is 126 cm³/mol. The first kappa shape index (κ1) is 21.1. The number of nitrogens with one attached hydrogen (secondary N) is 1. The molecule has 31 heavy (non-hydrogen) atoms. The Morgan fingerprint density at radius 1 is 1.10 bits per heavy atom. The van der Waals surface area contributed by atoms with Crippen molar-refractivity contribution in [2.45, 2.75) is 6.92 Å². The van der Waals surface area contributed by atoms with E-state index < -0.39 is 17.1 Å². The fourth-order valence-electron chi connectivity index (χ4n) is 3.12. The number of hydrogen-bond donors (Lipinski definition) is 1. The van der Waals surface area contributed by atoms with E-state index in [9.17, 15) is 14.4 Å². The molecule has 1 N–H and O–H groups in total. The number of amides is 3. The molecule has 0 aliphatic carbocycles. The number of rotatable bonds is 5. The van der Waals surface area contributed by atoms with Gasteiger partial charge >= 0.3 is 0 Å². The lowest BCUT2D eigenvalue weighted by Crippen LogP contribution is -2.36. The zero-order chi connectivity index (χ0) is 22.0. The van der Waals surface area contributed by atoms with Gasteiger partial charge in [-0.1, -0.05) is 39.7 Å². The fraction of sp³-hybridized carbons (Fsp3) is 0.0870. The van der Waals surface area contributed by atoms with Gasteiger partial charge in [0.05, 0.1) is 4.91 Å². The van der Waals surface area contributed by atoms with Gasteiger partial charge in [-0.25, -0.2) is 0 Å². The molecule has 4 rings (SSSR count). The summed E-state index contributed by atoms with van der Waals surface area (Å²) >= 11 is 4.29. The van der Waals surface area contributed by atoms with Crippen molar-refractivity contribution in [3.8, 4) is 5.69 Å². The Kier molecular flexibility index (Phi) is 6.11. The minimum atomic E-state index is -0.476. The molecule has 3 aromatic rings. The lowest BCUT2D eigenvalue weighted by atomic mass is 10.2. The Morgan fingerprint density at radius 2 is 1.87 bits per heavy atom. The van der Waals surface area contributed by atoms with E-state index in [1.54, 1.807) is 18.2 Å². The Bertz CT molecular complexity index is 1200. The summed E-state index contributed by atoms with van der Waals surface area (Å²) in [6, 6.07) is 18.8. The standard InChI is InChI=1S/C23H18BrN3O3S/c1-15-7-9-17(10-8-15)25-21(28)14-27-22(29)20(31-23(27)30)13-19-6-3-11-26(19)18-5-2-4-16(24)12-18/h2-13H,14H2,1H3,(H,25,28)/b20-13-. The summed E-state index contributed by atoms with van der Waals surface area (Å²) in [4.78, 5) is 38.8. The van der Waals surface area contributed by atoms with Crippen molar-refractivity contribution in [2.24, 2.45) is 0 Å². The zero-order valence-corrected chi connectivity index (χ0v) is 18.9. The third-order valence-electron chi connectivity index (χ3n) is 4.66. The molecule has 0 bridgehead atoms. The van der Waals surface area contributed by atoms with Crippen molar-refractivity contribution in [3.05, 3.63) is 87.5 Å². The van der Waals surface area contributed by atoms with E-state index in [0.29, 0.717) is 5.69 Å². The van der Waals surface area contributed by atoms with Crippen LogP contribution in [0.5, 0.6) is 0 Å². The summed E-state index contributed by atoms with van der Waals surface area (Å²) in [5.74, 6) is -0.902. The van der Waals surface area contributed by atoms with Crippen LogP contribution >= 0.6 is 27.7 Å². The van der Waals surface area contributed by atoms with Crippen molar-refractivity contribution in [1.29, 1.82) is 0 Å². The monoisotopic (exact) mass is 495 g/mol. The molecule has 0 spiro atoms. The van der Waals surface area contributed by atoms with E-state index in [4.69, 9.17) is 0 Å². The van der Waals surface area contributed by atoms with Crippen molar-refractivity contribution < 1.29 is 14.4 Å². The van der Waals surface area contributed by atoms with Crippen LogP contribution in [0.3, 0.4) is 0 Å².